The summed E-state index contributed by atoms with van der Waals surface area (Å²) in [6.45, 7) is 3.02. The van der Waals surface area contributed by atoms with Crippen LogP contribution in [0.25, 0.3) is 0 Å². The summed E-state index contributed by atoms with van der Waals surface area (Å²) in [6.07, 6.45) is -2.87. The number of nitrogens with zero attached hydrogens (tertiary/aromatic N) is 3. The summed E-state index contributed by atoms with van der Waals surface area (Å²) in [7, 11) is 0. The Hall–Kier alpha value is -3.24. The molecule has 1 saturated heterocycles. The number of benzene rings is 1. The molecule has 1 fully saturated rings. The van der Waals surface area contributed by atoms with E-state index < -0.39 is 17.6 Å². The molecule has 3 aromatic rings. The number of aromatic nitrogens is 1. The third-order valence-electron chi connectivity index (χ3n) is 5.57. The van der Waals surface area contributed by atoms with Gasteiger partial charge in [0.25, 0.3) is 11.8 Å². The Morgan fingerprint density at radius 3 is 2.41 bits per heavy atom. The van der Waals surface area contributed by atoms with Crippen LogP contribution >= 0.6 is 11.3 Å². The highest BCUT2D eigenvalue weighted by Gasteiger charge is 2.33. The van der Waals surface area contributed by atoms with Gasteiger partial charge in [-0.1, -0.05) is 24.3 Å². The number of piperazine rings is 1. The summed E-state index contributed by atoms with van der Waals surface area (Å²) in [6, 6.07) is 14.0. The maximum absolute atomic E-state index is 13.1. The van der Waals surface area contributed by atoms with Gasteiger partial charge in [0.15, 0.2) is 0 Å². The van der Waals surface area contributed by atoms with Crippen molar-refractivity contribution >= 4 is 23.2 Å². The van der Waals surface area contributed by atoms with Gasteiger partial charge in [0.1, 0.15) is 5.69 Å². The van der Waals surface area contributed by atoms with Crippen LogP contribution in [0.5, 0.6) is 0 Å². The summed E-state index contributed by atoms with van der Waals surface area (Å²) >= 11 is 1.32. The SMILES string of the molecule is O=C(NCc1ccccc1C(F)(F)F)c1ccc(CN2CCN(C(=O)c3ccccn3)CC2)s1. The van der Waals surface area contributed by atoms with Gasteiger partial charge in [-0.2, -0.15) is 13.2 Å². The van der Waals surface area contributed by atoms with E-state index in [2.05, 4.69) is 15.2 Å². The van der Waals surface area contributed by atoms with Crippen molar-refractivity contribution < 1.29 is 22.8 Å². The summed E-state index contributed by atoms with van der Waals surface area (Å²) in [4.78, 5) is 34.5. The van der Waals surface area contributed by atoms with Gasteiger partial charge < -0.3 is 10.2 Å². The van der Waals surface area contributed by atoms with E-state index in [-0.39, 0.29) is 18.0 Å². The van der Waals surface area contributed by atoms with Crippen LogP contribution in [0, 0.1) is 0 Å². The van der Waals surface area contributed by atoms with E-state index in [1.807, 2.05) is 6.07 Å². The van der Waals surface area contributed by atoms with Crippen LogP contribution in [0.4, 0.5) is 13.2 Å². The third-order valence-corrected chi connectivity index (χ3v) is 6.64. The van der Waals surface area contributed by atoms with E-state index in [0.717, 1.165) is 10.9 Å². The van der Waals surface area contributed by atoms with Crippen LogP contribution in [0.1, 0.15) is 36.2 Å². The lowest BCUT2D eigenvalue weighted by Crippen LogP contribution is -2.48. The molecule has 2 aromatic heterocycles. The first-order valence-corrected chi connectivity index (χ1v) is 11.6. The van der Waals surface area contributed by atoms with Gasteiger partial charge in [0.05, 0.1) is 10.4 Å². The second kappa shape index (κ2) is 10.4. The molecule has 1 aliphatic heterocycles. The Morgan fingerprint density at radius 1 is 0.971 bits per heavy atom. The Kier molecular flexibility index (Phi) is 7.28. The lowest BCUT2D eigenvalue weighted by Gasteiger charge is -2.34. The van der Waals surface area contributed by atoms with E-state index >= 15 is 0 Å². The average molecular weight is 489 g/mol. The van der Waals surface area contributed by atoms with Crippen LogP contribution in [0.2, 0.25) is 0 Å². The maximum atomic E-state index is 13.1. The molecule has 0 spiro atoms. The van der Waals surface area contributed by atoms with Gasteiger partial charge in [0.2, 0.25) is 0 Å². The number of pyridine rings is 1. The minimum Gasteiger partial charge on any atom is -0.347 e. The highest BCUT2D eigenvalue weighted by Crippen LogP contribution is 2.31. The first-order chi connectivity index (χ1) is 16.3. The molecule has 0 bridgehead atoms. The fourth-order valence-electron chi connectivity index (χ4n) is 3.78. The summed E-state index contributed by atoms with van der Waals surface area (Å²) < 4.78 is 39.4. The smallest absolute Gasteiger partial charge is 0.347 e. The molecule has 0 aliphatic carbocycles. The zero-order chi connectivity index (χ0) is 24.1. The molecule has 6 nitrogen and oxygen atoms in total. The lowest BCUT2D eigenvalue weighted by molar-refractivity contribution is -0.138. The molecule has 10 heteroatoms. The van der Waals surface area contributed by atoms with Crippen molar-refractivity contribution in [1.82, 2.24) is 20.1 Å². The Balaban J connectivity index is 1.28. The molecule has 34 heavy (non-hydrogen) atoms. The lowest BCUT2D eigenvalue weighted by atomic mass is 10.1. The van der Waals surface area contributed by atoms with Crippen molar-refractivity contribution in [3.8, 4) is 0 Å². The van der Waals surface area contributed by atoms with Crippen LogP contribution in [0.3, 0.4) is 0 Å². The predicted octanol–water partition coefficient (Wildman–Crippen LogP) is 4.05. The standard InChI is InChI=1S/C24H23F3N4O2S/c25-24(26,27)19-6-2-1-5-17(19)15-29-22(32)21-9-8-18(34-21)16-30-11-13-31(14-12-30)23(33)20-7-3-4-10-28-20/h1-10H,11-16H2,(H,29,32). The molecule has 1 aromatic carbocycles. The first-order valence-electron chi connectivity index (χ1n) is 10.8. The third kappa shape index (κ3) is 5.81. The molecule has 0 saturated carbocycles. The monoisotopic (exact) mass is 488 g/mol. The fourth-order valence-corrected chi connectivity index (χ4v) is 4.75. The van der Waals surface area contributed by atoms with Crippen molar-refractivity contribution in [1.29, 1.82) is 0 Å². The quantitative estimate of drug-likeness (QED) is 0.569. The van der Waals surface area contributed by atoms with Gasteiger partial charge in [-0.05, 0) is 35.9 Å². The molecule has 3 heterocycles. The largest absolute Gasteiger partial charge is 0.416 e. The van der Waals surface area contributed by atoms with Crippen LogP contribution < -0.4 is 5.32 Å². The molecule has 178 valence electrons. The Labute approximate surface area is 199 Å². The van der Waals surface area contributed by atoms with Crippen LogP contribution in [0.15, 0.2) is 60.8 Å². The van der Waals surface area contributed by atoms with Crippen molar-refractivity contribution in [3.63, 3.8) is 0 Å². The van der Waals surface area contributed by atoms with E-state index in [1.165, 1.54) is 29.5 Å². The number of carbonyl (C=O) groups is 2. The van der Waals surface area contributed by atoms with Gasteiger partial charge in [-0.15, -0.1) is 11.3 Å². The van der Waals surface area contributed by atoms with Crippen molar-refractivity contribution in [2.75, 3.05) is 26.2 Å². The van der Waals surface area contributed by atoms with E-state index in [1.54, 1.807) is 35.4 Å². The van der Waals surface area contributed by atoms with Gasteiger partial charge in [-0.3, -0.25) is 19.5 Å². The molecule has 4 rings (SSSR count). The molecular formula is C24H23F3N4O2S. The summed E-state index contributed by atoms with van der Waals surface area (Å²) in [5.41, 5.74) is -0.288. The molecule has 0 atom stereocenters. The van der Waals surface area contributed by atoms with Crippen molar-refractivity contribution in [3.05, 3.63) is 87.4 Å². The van der Waals surface area contributed by atoms with Gasteiger partial charge >= 0.3 is 6.18 Å². The molecule has 0 radical (unpaired) electrons. The summed E-state index contributed by atoms with van der Waals surface area (Å²) in [5, 5.41) is 2.59. The van der Waals surface area contributed by atoms with E-state index in [9.17, 15) is 22.8 Å². The number of rotatable bonds is 6. The van der Waals surface area contributed by atoms with E-state index in [0.29, 0.717) is 43.3 Å². The van der Waals surface area contributed by atoms with Crippen LogP contribution in [-0.2, 0) is 19.3 Å². The number of alkyl halides is 3. The average Bonchev–Trinajstić information content (AvgIpc) is 3.31. The van der Waals surface area contributed by atoms with Crippen molar-refractivity contribution in [2.45, 2.75) is 19.3 Å². The molecule has 1 N–H and O–H groups in total. The Bertz CT molecular complexity index is 1140. The number of nitrogens with one attached hydrogen (secondary N) is 1. The number of carbonyl (C=O) groups excluding carboxylic acids is 2. The molecular weight excluding hydrogens is 465 g/mol. The Morgan fingerprint density at radius 2 is 1.71 bits per heavy atom. The second-order valence-corrected chi connectivity index (χ2v) is 9.06. The number of halogens is 3. The highest BCUT2D eigenvalue weighted by molar-refractivity contribution is 7.14. The molecule has 1 aliphatic rings. The predicted molar refractivity (Wildman–Crippen MR) is 122 cm³/mol. The van der Waals surface area contributed by atoms with Gasteiger partial charge in [0, 0.05) is 50.3 Å². The van der Waals surface area contributed by atoms with Crippen LogP contribution in [-0.4, -0.2) is 52.8 Å². The first kappa shape index (κ1) is 23.9. The maximum Gasteiger partial charge on any atom is 0.416 e. The fraction of sp³-hybridized carbons (Fsp3) is 0.292. The highest BCUT2D eigenvalue weighted by atomic mass is 32.1. The number of thiophene rings is 1. The minimum absolute atomic E-state index is 0.0262. The zero-order valence-corrected chi connectivity index (χ0v) is 19.0. The molecule has 0 unspecified atom stereocenters. The summed E-state index contributed by atoms with van der Waals surface area (Å²) in [5.74, 6) is -0.485. The molecule has 2 amide bonds. The minimum atomic E-state index is -4.47. The van der Waals surface area contributed by atoms with Crippen molar-refractivity contribution in [2.24, 2.45) is 0 Å². The zero-order valence-electron chi connectivity index (χ0n) is 18.2. The second-order valence-electron chi connectivity index (χ2n) is 7.89. The topological polar surface area (TPSA) is 65.5 Å². The normalized spacial score (nSPS) is 14.7. The van der Waals surface area contributed by atoms with Gasteiger partial charge in [-0.25, -0.2) is 0 Å². The number of hydrogen-bond donors (Lipinski definition) is 1. The number of hydrogen-bond acceptors (Lipinski definition) is 5. The number of amides is 2. The van der Waals surface area contributed by atoms with E-state index in [4.69, 9.17) is 0 Å².